The molecule has 6 nitrogen and oxygen atoms in total. The lowest BCUT2D eigenvalue weighted by Gasteiger charge is -2.15. The van der Waals surface area contributed by atoms with Crippen LogP contribution in [0.15, 0.2) is 63.8 Å². The summed E-state index contributed by atoms with van der Waals surface area (Å²) in [6.45, 7) is 3.83. The van der Waals surface area contributed by atoms with E-state index in [0.717, 1.165) is 28.6 Å². The van der Waals surface area contributed by atoms with Gasteiger partial charge in [-0.05, 0) is 55.3 Å². The fourth-order valence-corrected chi connectivity index (χ4v) is 3.46. The first-order chi connectivity index (χ1) is 15.6. The molecule has 9 heteroatoms. The van der Waals surface area contributed by atoms with Crippen LogP contribution in [0.4, 0.5) is 24.5 Å². The van der Waals surface area contributed by atoms with Gasteiger partial charge in [0, 0.05) is 16.6 Å². The number of carbonyl (C=O) groups is 2. The van der Waals surface area contributed by atoms with Gasteiger partial charge in [-0.2, -0.15) is 13.2 Å². The van der Waals surface area contributed by atoms with Gasteiger partial charge in [-0.15, -0.1) is 0 Å². The van der Waals surface area contributed by atoms with Crippen molar-refractivity contribution < 1.29 is 31.6 Å². The van der Waals surface area contributed by atoms with E-state index >= 15 is 0 Å². The van der Waals surface area contributed by atoms with Crippen LogP contribution in [0.3, 0.4) is 0 Å². The lowest BCUT2D eigenvalue weighted by molar-refractivity contribution is -0.136. The maximum absolute atomic E-state index is 13.7. The minimum absolute atomic E-state index is 0.0429. The second-order valence-electron chi connectivity index (χ2n) is 7.56. The summed E-state index contributed by atoms with van der Waals surface area (Å²) in [6.07, 6.45) is -2.20. The van der Waals surface area contributed by atoms with E-state index in [0.29, 0.717) is 11.1 Å². The van der Waals surface area contributed by atoms with Crippen molar-refractivity contribution in [1.29, 1.82) is 0 Å². The summed E-state index contributed by atoms with van der Waals surface area (Å²) in [5.41, 5.74) is 1.59. The number of aryl methyl sites for hydroxylation is 2. The van der Waals surface area contributed by atoms with Crippen LogP contribution < -0.4 is 10.6 Å². The molecule has 0 saturated carbocycles. The van der Waals surface area contributed by atoms with Crippen LogP contribution in [0.1, 0.15) is 32.8 Å². The molecule has 0 fully saturated rings. The summed E-state index contributed by atoms with van der Waals surface area (Å²) in [6, 6.07) is 9.71. The Morgan fingerprint density at radius 3 is 2.48 bits per heavy atom. The number of nitrogens with one attached hydrogen (secondary N) is 2. The van der Waals surface area contributed by atoms with Crippen molar-refractivity contribution >= 4 is 34.2 Å². The molecule has 0 radical (unpaired) electrons. The van der Waals surface area contributed by atoms with Crippen molar-refractivity contribution in [2.24, 2.45) is 0 Å². The molecular weight excluding hydrogens is 437 g/mol. The Balaban J connectivity index is 1.55. The maximum Gasteiger partial charge on any atom is 0.418 e. The summed E-state index contributed by atoms with van der Waals surface area (Å²) in [5.74, 6) is -1.37. The van der Waals surface area contributed by atoms with Gasteiger partial charge in [0.05, 0.1) is 30.2 Å². The maximum atomic E-state index is 13.7. The zero-order chi connectivity index (χ0) is 23.8. The van der Waals surface area contributed by atoms with Crippen LogP contribution in [0.25, 0.3) is 11.0 Å². The summed E-state index contributed by atoms with van der Waals surface area (Å²) < 4.78 is 51.5. The second-order valence-corrected chi connectivity index (χ2v) is 7.56. The molecule has 2 aromatic heterocycles. The van der Waals surface area contributed by atoms with E-state index in [-0.39, 0.29) is 17.9 Å². The Kier molecular flexibility index (Phi) is 5.71. The number of rotatable bonds is 5. The molecule has 0 saturated heterocycles. The Morgan fingerprint density at radius 2 is 1.79 bits per heavy atom. The number of amides is 2. The molecule has 2 N–H and O–H groups in total. The predicted octanol–water partition coefficient (Wildman–Crippen LogP) is 6.09. The minimum Gasteiger partial charge on any atom is -0.464 e. The molecule has 4 rings (SSSR count). The molecular formula is C24H19F3N2O4. The molecule has 4 aromatic rings. The Bertz CT molecular complexity index is 1340. The van der Waals surface area contributed by atoms with Gasteiger partial charge in [0.25, 0.3) is 5.91 Å². The third-order valence-corrected chi connectivity index (χ3v) is 5.29. The zero-order valence-corrected chi connectivity index (χ0v) is 17.7. The van der Waals surface area contributed by atoms with Crippen molar-refractivity contribution in [2.75, 3.05) is 10.6 Å². The van der Waals surface area contributed by atoms with E-state index in [2.05, 4.69) is 10.6 Å². The number of anilines is 2. The predicted molar refractivity (Wildman–Crippen MR) is 116 cm³/mol. The second kappa shape index (κ2) is 8.50. The van der Waals surface area contributed by atoms with Gasteiger partial charge < -0.3 is 19.5 Å². The fraction of sp³-hybridized carbons (Fsp3) is 0.167. The van der Waals surface area contributed by atoms with Gasteiger partial charge in [-0.3, -0.25) is 9.59 Å². The highest BCUT2D eigenvalue weighted by atomic mass is 19.4. The van der Waals surface area contributed by atoms with Crippen LogP contribution in [0, 0.1) is 13.8 Å². The number of hydrogen-bond acceptors (Lipinski definition) is 4. The van der Waals surface area contributed by atoms with Gasteiger partial charge >= 0.3 is 6.18 Å². The average molecular weight is 456 g/mol. The number of hydrogen-bond donors (Lipinski definition) is 2. The number of benzene rings is 2. The van der Waals surface area contributed by atoms with Gasteiger partial charge in [0.1, 0.15) is 5.58 Å². The number of halogens is 3. The quantitative estimate of drug-likeness (QED) is 0.380. The molecule has 0 atom stereocenters. The van der Waals surface area contributed by atoms with Crippen molar-refractivity contribution in [2.45, 2.75) is 26.4 Å². The molecule has 33 heavy (non-hydrogen) atoms. The molecule has 0 aliphatic rings. The average Bonchev–Trinajstić information content (AvgIpc) is 3.42. The van der Waals surface area contributed by atoms with E-state index in [1.807, 2.05) is 26.0 Å². The number of fused-ring (bicyclic) bond motifs is 1. The first-order valence-electron chi connectivity index (χ1n) is 9.95. The highest BCUT2D eigenvalue weighted by Crippen LogP contribution is 2.37. The Labute approximate surface area is 186 Å². The van der Waals surface area contributed by atoms with E-state index in [1.54, 1.807) is 0 Å². The van der Waals surface area contributed by atoms with Crippen molar-refractivity contribution in [3.05, 3.63) is 83.0 Å². The van der Waals surface area contributed by atoms with E-state index in [4.69, 9.17) is 8.83 Å². The van der Waals surface area contributed by atoms with E-state index in [9.17, 15) is 22.8 Å². The topological polar surface area (TPSA) is 84.5 Å². The standard InChI is InChI=1S/C24H19F3N2O4/c1-13-5-7-17-15(12-33-22(17)14(13)2)10-21(30)29-19-8-6-16(11-18(19)24(25,26)27)28-23(31)20-4-3-9-32-20/h3-9,11-12H,10H2,1-2H3,(H,28,31)(H,29,30). The Morgan fingerprint density at radius 1 is 1.00 bits per heavy atom. The Hall–Kier alpha value is -4.01. The van der Waals surface area contributed by atoms with Crippen molar-refractivity contribution in [3.63, 3.8) is 0 Å². The minimum atomic E-state index is -4.76. The third kappa shape index (κ3) is 4.62. The normalized spacial score (nSPS) is 11.5. The van der Waals surface area contributed by atoms with Gasteiger partial charge in [-0.1, -0.05) is 12.1 Å². The highest BCUT2D eigenvalue weighted by Gasteiger charge is 2.34. The number of furan rings is 2. The molecule has 0 bridgehead atoms. The summed E-state index contributed by atoms with van der Waals surface area (Å²) in [4.78, 5) is 24.6. The SMILES string of the molecule is Cc1ccc2c(CC(=O)Nc3ccc(NC(=O)c4ccco4)cc3C(F)(F)F)coc2c1C. The van der Waals surface area contributed by atoms with Crippen LogP contribution in [0.2, 0.25) is 0 Å². The van der Waals surface area contributed by atoms with Crippen LogP contribution in [-0.2, 0) is 17.4 Å². The fourth-order valence-electron chi connectivity index (χ4n) is 3.46. The lowest BCUT2D eigenvalue weighted by Crippen LogP contribution is -2.19. The van der Waals surface area contributed by atoms with Gasteiger partial charge in [0.15, 0.2) is 5.76 Å². The smallest absolute Gasteiger partial charge is 0.418 e. The monoisotopic (exact) mass is 456 g/mol. The molecule has 2 heterocycles. The van der Waals surface area contributed by atoms with Gasteiger partial charge in [-0.25, -0.2) is 0 Å². The van der Waals surface area contributed by atoms with Crippen molar-refractivity contribution in [1.82, 2.24) is 0 Å². The molecule has 2 amide bonds. The lowest BCUT2D eigenvalue weighted by atomic mass is 10.0. The molecule has 170 valence electrons. The van der Waals surface area contributed by atoms with E-state index < -0.39 is 29.2 Å². The molecule has 0 spiro atoms. The molecule has 0 unspecified atom stereocenters. The van der Waals surface area contributed by atoms with E-state index in [1.165, 1.54) is 30.7 Å². The molecule has 0 aliphatic carbocycles. The molecule has 0 aliphatic heterocycles. The highest BCUT2D eigenvalue weighted by molar-refractivity contribution is 6.02. The number of carbonyl (C=O) groups excluding carboxylic acids is 2. The number of alkyl halides is 3. The van der Waals surface area contributed by atoms with Crippen LogP contribution in [0.5, 0.6) is 0 Å². The van der Waals surface area contributed by atoms with Crippen LogP contribution >= 0.6 is 0 Å². The van der Waals surface area contributed by atoms with Crippen LogP contribution in [-0.4, -0.2) is 11.8 Å². The third-order valence-electron chi connectivity index (χ3n) is 5.29. The van der Waals surface area contributed by atoms with Gasteiger partial charge in [0.2, 0.25) is 5.91 Å². The summed E-state index contributed by atoms with van der Waals surface area (Å²) in [7, 11) is 0. The summed E-state index contributed by atoms with van der Waals surface area (Å²) in [5, 5.41) is 5.40. The first kappa shape index (κ1) is 22.2. The molecule has 2 aromatic carbocycles. The van der Waals surface area contributed by atoms with Crippen molar-refractivity contribution in [3.8, 4) is 0 Å². The first-order valence-corrected chi connectivity index (χ1v) is 9.95. The summed E-state index contributed by atoms with van der Waals surface area (Å²) >= 11 is 0. The zero-order valence-electron chi connectivity index (χ0n) is 17.7. The largest absolute Gasteiger partial charge is 0.464 e.